The molecule has 1 aliphatic rings. The maximum atomic E-state index is 12.2. The van der Waals surface area contributed by atoms with Crippen molar-refractivity contribution in [2.45, 2.75) is 31.8 Å². The summed E-state index contributed by atoms with van der Waals surface area (Å²) in [6, 6.07) is 10.9. The van der Waals surface area contributed by atoms with Crippen LogP contribution >= 0.6 is 24.8 Å². The van der Waals surface area contributed by atoms with Gasteiger partial charge < -0.3 is 16.4 Å². The summed E-state index contributed by atoms with van der Waals surface area (Å²) in [4.78, 5) is 28.2. The van der Waals surface area contributed by atoms with Gasteiger partial charge >= 0.3 is 0 Å². The van der Waals surface area contributed by atoms with E-state index in [0.717, 1.165) is 24.8 Å². The van der Waals surface area contributed by atoms with E-state index in [2.05, 4.69) is 15.6 Å². The van der Waals surface area contributed by atoms with E-state index in [-0.39, 0.29) is 48.6 Å². The second-order valence-corrected chi connectivity index (χ2v) is 6.38. The number of anilines is 1. The van der Waals surface area contributed by atoms with Crippen molar-refractivity contribution >= 4 is 42.3 Å². The summed E-state index contributed by atoms with van der Waals surface area (Å²) in [6.07, 6.45) is 5.68. The van der Waals surface area contributed by atoms with Crippen LogP contribution in [0.2, 0.25) is 0 Å². The lowest BCUT2D eigenvalue weighted by molar-refractivity contribution is -0.125. The van der Waals surface area contributed by atoms with Crippen LogP contribution in [0.1, 0.15) is 35.2 Å². The van der Waals surface area contributed by atoms with Gasteiger partial charge in [0.05, 0.1) is 0 Å². The van der Waals surface area contributed by atoms with E-state index in [1.165, 1.54) is 0 Å². The molecule has 0 spiro atoms. The summed E-state index contributed by atoms with van der Waals surface area (Å²) < 4.78 is 0. The Morgan fingerprint density at radius 2 is 1.85 bits per heavy atom. The first-order chi connectivity index (χ1) is 12.1. The number of hydrogen-bond acceptors (Lipinski definition) is 4. The molecule has 0 saturated heterocycles. The molecule has 2 atom stereocenters. The van der Waals surface area contributed by atoms with E-state index < -0.39 is 0 Å². The van der Waals surface area contributed by atoms with Crippen LogP contribution in [0.5, 0.6) is 0 Å². The molecular formula is C19H24Cl2N4O2. The molecule has 2 unspecified atom stereocenters. The third kappa shape index (κ3) is 6.50. The predicted molar refractivity (Wildman–Crippen MR) is 110 cm³/mol. The molecule has 6 nitrogen and oxygen atoms in total. The van der Waals surface area contributed by atoms with Gasteiger partial charge in [0, 0.05) is 42.1 Å². The predicted octanol–water partition coefficient (Wildman–Crippen LogP) is 2.92. The lowest BCUT2D eigenvalue weighted by atomic mass is 10.1. The highest BCUT2D eigenvalue weighted by Crippen LogP contribution is 2.24. The third-order valence-corrected chi connectivity index (χ3v) is 4.44. The van der Waals surface area contributed by atoms with Gasteiger partial charge in [0.2, 0.25) is 5.91 Å². The summed E-state index contributed by atoms with van der Waals surface area (Å²) in [7, 11) is 0. The molecule has 27 heavy (non-hydrogen) atoms. The first kappa shape index (κ1) is 22.9. The Morgan fingerprint density at radius 1 is 1.11 bits per heavy atom. The van der Waals surface area contributed by atoms with Crippen LogP contribution in [0, 0.1) is 5.92 Å². The molecule has 146 valence electrons. The van der Waals surface area contributed by atoms with Crippen LogP contribution in [0.3, 0.4) is 0 Å². The second-order valence-electron chi connectivity index (χ2n) is 6.38. The number of carbonyl (C=O) groups is 2. The van der Waals surface area contributed by atoms with Crippen molar-refractivity contribution in [1.82, 2.24) is 10.3 Å². The lowest BCUT2D eigenvalue weighted by Gasteiger charge is -2.12. The molecule has 4 N–H and O–H groups in total. The summed E-state index contributed by atoms with van der Waals surface area (Å²) in [5.41, 5.74) is 8.03. The fourth-order valence-electron chi connectivity index (χ4n) is 3.05. The average Bonchev–Trinajstić information content (AvgIpc) is 3.07. The zero-order chi connectivity index (χ0) is 17.6. The number of carbonyl (C=O) groups excluding carboxylic acids is 2. The van der Waals surface area contributed by atoms with E-state index in [4.69, 9.17) is 5.73 Å². The van der Waals surface area contributed by atoms with Crippen molar-refractivity contribution in [2.75, 3.05) is 5.32 Å². The summed E-state index contributed by atoms with van der Waals surface area (Å²) in [5, 5.41) is 5.81. The summed E-state index contributed by atoms with van der Waals surface area (Å²) >= 11 is 0. The van der Waals surface area contributed by atoms with Crippen LogP contribution < -0.4 is 16.4 Å². The van der Waals surface area contributed by atoms with Gasteiger partial charge in [-0.2, -0.15) is 0 Å². The first-order valence-electron chi connectivity index (χ1n) is 8.45. The Labute approximate surface area is 171 Å². The summed E-state index contributed by atoms with van der Waals surface area (Å²) in [5.74, 6) is -0.118. The van der Waals surface area contributed by atoms with Crippen LogP contribution in [0.15, 0.2) is 48.8 Å². The molecule has 3 rings (SSSR count). The van der Waals surface area contributed by atoms with Crippen LogP contribution in [0.4, 0.5) is 5.69 Å². The van der Waals surface area contributed by atoms with Gasteiger partial charge in [-0.05, 0) is 49.1 Å². The van der Waals surface area contributed by atoms with Gasteiger partial charge in [0.15, 0.2) is 0 Å². The highest BCUT2D eigenvalue weighted by Gasteiger charge is 2.27. The molecule has 1 saturated carbocycles. The van der Waals surface area contributed by atoms with Crippen LogP contribution in [-0.2, 0) is 11.3 Å². The minimum atomic E-state index is -0.191. The first-order valence-corrected chi connectivity index (χ1v) is 8.45. The van der Waals surface area contributed by atoms with Crippen LogP contribution in [0.25, 0.3) is 0 Å². The molecule has 1 aliphatic carbocycles. The smallest absolute Gasteiger partial charge is 0.255 e. The van der Waals surface area contributed by atoms with Crippen molar-refractivity contribution in [3.8, 4) is 0 Å². The largest absolute Gasteiger partial charge is 0.352 e. The Hall–Kier alpha value is -2.15. The highest BCUT2D eigenvalue weighted by atomic mass is 35.5. The Kier molecular flexibility index (Phi) is 9.21. The molecule has 2 amide bonds. The van der Waals surface area contributed by atoms with Gasteiger partial charge in [0.1, 0.15) is 0 Å². The zero-order valence-electron chi connectivity index (χ0n) is 14.8. The molecule has 0 radical (unpaired) electrons. The van der Waals surface area contributed by atoms with Gasteiger partial charge in [-0.25, -0.2) is 0 Å². The number of amides is 2. The minimum absolute atomic E-state index is 0. The van der Waals surface area contributed by atoms with Crippen molar-refractivity contribution in [2.24, 2.45) is 11.7 Å². The van der Waals surface area contributed by atoms with Crippen molar-refractivity contribution < 1.29 is 9.59 Å². The fraction of sp³-hybridized carbons (Fsp3) is 0.316. The lowest BCUT2D eigenvalue weighted by Crippen LogP contribution is -2.30. The summed E-state index contributed by atoms with van der Waals surface area (Å²) in [6.45, 7) is 0.434. The molecule has 1 fully saturated rings. The van der Waals surface area contributed by atoms with Gasteiger partial charge in [0.25, 0.3) is 5.91 Å². The van der Waals surface area contributed by atoms with E-state index >= 15 is 0 Å². The van der Waals surface area contributed by atoms with Crippen molar-refractivity contribution in [1.29, 1.82) is 0 Å². The topological polar surface area (TPSA) is 97.1 Å². The number of aromatic nitrogens is 1. The monoisotopic (exact) mass is 410 g/mol. The molecule has 8 heteroatoms. The Bertz CT molecular complexity index is 758. The fourth-order valence-corrected chi connectivity index (χ4v) is 3.05. The number of nitrogens with two attached hydrogens (primary N) is 1. The third-order valence-electron chi connectivity index (χ3n) is 4.44. The average molecular weight is 411 g/mol. The number of nitrogens with zero attached hydrogens (tertiary/aromatic N) is 1. The van der Waals surface area contributed by atoms with E-state index in [1.54, 1.807) is 24.5 Å². The van der Waals surface area contributed by atoms with Gasteiger partial charge in [-0.15, -0.1) is 24.8 Å². The van der Waals surface area contributed by atoms with E-state index in [9.17, 15) is 9.59 Å². The standard InChI is InChI=1S/C19H22N4O2.2ClH/c20-16-5-4-15(11-16)18(24)22-12-13-2-1-3-17(10-13)23-19(25)14-6-8-21-9-7-14;;/h1-3,6-10,15-16H,4-5,11-12,20H2,(H,22,24)(H,23,25);2*1H. The molecule has 0 bridgehead atoms. The van der Waals surface area contributed by atoms with Gasteiger partial charge in [-0.3, -0.25) is 14.6 Å². The maximum absolute atomic E-state index is 12.2. The van der Waals surface area contributed by atoms with Gasteiger partial charge in [-0.1, -0.05) is 12.1 Å². The van der Waals surface area contributed by atoms with E-state index in [1.807, 2.05) is 24.3 Å². The van der Waals surface area contributed by atoms with Crippen LogP contribution in [-0.4, -0.2) is 22.8 Å². The molecule has 1 heterocycles. The second kappa shape index (κ2) is 10.9. The normalized spacial score (nSPS) is 18.0. The highest BCUT2D eigenvalue weighted by molar-refractivity contribution is 6.04. The number of rotatable bonds is 5. The number of hydrogen-bond donors (Lipinski definition) is 3. The Morgan fingerprint density at radius 3 is 2.52 bits per heavy atom. The number of benzene rings is 1. The van der Waals surface area contributed by atoms with E-state index in [0.29, 0.717) is 17.8 Å². The minimum Gasteiger partial charge on any atom is -0.352 e. The zero-order valence-corrected chi connectivity index (χ0v) is 16.4. The Balaban J connectivity index is 0.00000182. The molecule has 2 aromatic rings. The maximum Gasteiger partial charge on any atom is 0.255 e. The van der Waals surface area contributed by atoms with Crippen molar-refractivity contribution in [3.63, 3.8) is 0 Å². The molecule has 0 aliphatic heterocycles. The SMILES string of the molecule is Cl.Cl.NC1CCC(C(=O)NCc2cccc(NC(=O)c3ccncc3)c2)C1. The number of pyridine rings is 1. The van der Waals surface area contributed by atoms with Crippen molar-refractivity contribution in [3.05, 3.63) is 59.9 Å². The molecular weight excluding hydrogens is 387 g/mol. The number of halogens is 2. The molecule has 1 aromatic carbocycles. The number of nitrogens with one attached hydrogen (secondary N) is 2. The quantitative estimate of drug-likeness (QED) is 0.705. The molecule has 1 aromatic heterocycles.